The molecule has 4 nitrogen and oxygen atoms in total. The first kappa shape index (κ1) is 10.8. The quantitative estimate of drug-likeness (QED) is 0.661. The van der Waals surface area contributed by atoms with Crippen LogP contribution in [0, 0.1) is 5.92 Å². The van der Waals surface area contributed by atoms with Gasteiger partial charge >= 0.3 is 5.97 Å². The molecule has 0 saturated heterocycles. The van der Waals surface area contributed by atoms with Gasteiger partial charge in [0.2, 0.25) is 5.91 Å². The summed E-state index contributed by atoms with van der Waals surface area (Å²) in [6, 6.07) is -0.230. The molecule has 1 rings (SSSR count). The van der Waals surface area contributed by atoms with Crippen LogP contribution in [0.5, 0.6) is 0 Å². The Balaban J connectivity index is 2.58. The van der Waals surface area contributed by atoms with Crippen LogP contribution in [0.4, 0.5) is 0 Å². The average molecular weight is 197 g/mol. The number of carboxylic acid groups (broad SMARTS) is 1. The van der Waals surface area contributed by atoms with E-state index >= 15 is 0 Å². The number of carbonyl (C=O) groups excluding carboxylic acids is 1. The van der Waals surface area contributed by atoms with Crippen LogP contribution in [0.15, 0.2) is 12.7 Å². The van der Waals surface area contributed by atoms with Gasteiger partial charge in [-0.3, -0.25) is 9.59 Å². The van der Waals surface area contributed by atoms with Crippen LogP contribution < -0.4 is 5.32 Å². The molecule has 0 aromatic rings. The van der Waals surface area contributed by atoms with E-state index in [2.05, 4.69) is 11.9 Å². The number of nitrogens with one attached hydrogen (secondary N) is 1. The van der Waals surface area contributed by atoms with E-state index in [1.165, 1.54) is 6.08 Å². The Morgan fingerprint density at radius 1 is 1.36 bits per heavy atom. The maximum atomic E-state index is 11.0. The van der Waals surface area contributed by atoms with Crippen molar-refractivity contribution < 1.29 is 14.7 Å². The van der Waals surface area contributed by atoms with Gasteiger partial charge in [0, 0.05) is 6.04 Å². The lowest BCUT2D eigenvalue weighted by molar-refractivity contribution is -0.144. The van der Waals surface area contributed by atoms with Crippen molar-refractivity contribution >= 4 is 11.9 Å². The molecule has 0 aliphatic heterocycles. The standard InChI is InChI=1S/C10H15NO3/c1-2-9(12)11-8-6-4-3-5-7(8)10(13)14/h2,7-8H,1,3-6H2,(H,11,12)(H,13,14). The van der Waals surface area contributed by atoms with Crippen molar-refractivity contribution in [2.24, 2.45) is 5.92 Å². The molecule has 1 aliphatic rings. The second-order valence-electron chi connectivity index (χ2n) is 3.55. The fraction of sp³-hybridized carbons (Fsp3) is 0.600. The minimum Gasteiger partial charge on any atom is -0.481 e. The second-order valence-corrected chi connectivity index (χ2v) is 3.55. The molecule has 4 heteroatoms. The van der Waals surface area contributed by atoms with E-state index in [4.69, 9.17) is 5.11 Å². The molecular formula is C10H15NO3. The van der Waals surface area contributed by atoms with Crippen molar-refractivity contribution in [2.45, 2.75) is 31.7 Å². The molecule has 1 fully saturated rings. The molecule has 0 heterocycles. The summed E-state index contributed by atoms with van der Waals surface area (Å²) in [6.07, 6.45) is 4.48. The van der Waals surface area contributed by atoms with E-state index in [1.54, 1.807) is 0 Å². The number of carboxylic acids is 1. The summed E-state index contributed by atoms with van der Waals surface area (Å²) in [4.78, 5) is 21.9. The van der Waals surface area contributed by atoms with Gasteiger partial charge < -0.3 is 10.4 Å². The molecule has 0 aromatic heterocycles. The van der Waals surface area contributed by atoms with Crippen molar-refractivity contribution in [2.75, 3.05) is 0 Å². The van der Waals surface area contributed by atoms with E-state index in [1.807, 2.05) is 0 Å². The molecule has 1 aliphatic carbocycles. The number of carbonyl (C=O) groups is 2. The molecule has 0 spiro atoms. The zero-order valence-corrected chi connectivity index (χ0v) is 8.03. The summed E-state index contributed by atoms with van der Waals surface area (Å²) in [5, 5.41) is 11.6. The monoisotopic (exact) mass is 197 g/mol. The molecule has 2 unspecified atom stereocenters. The highest BCUT2D eigenvalue weighted by molar-refractivity contribution is 5.87. The van der Waals surface area contributed by atoms with Crippen molar-refractivity contribution in [1.82, 2.24) is 5.32 Å². The van der Waals surface area contributed by atoms with E-state index < -0.39 is 11.9 Å². The Hall–Kier alpha value is -1.32. The van der Waals surface area contributed by atoms with Gasteiger partial charge in [-0.2, -0.15) is 0 Å². The minimum absolute atomic E-state index is 0.230. The molecule has 0 bridgehead atoms. The van der Waals surface area contributed by atoms with Gasteiger partial charge in [0.25, 0.3) is 0 Å². The number of hydrogen-bond acceptors (Lipinski definition) is 2. The maximum absolute atomic E-state index is 11.0. The smallest absolute Gasteiger partial charge is 0.308 e. The van der Waals surface area contributed by atoms with Gasteiger partial charge in [-0.15, -0.1) is 0 Å². The normalized spacial score (nSPS) is 26.6. The van der Waals surface area contributed by atoms with Crippen LogP contribution in [0.1, 0.15) is 25.7 Å². The summed E-state index contributed by atoms with van der Waals surface area (Å²) in [5.41, 5.74) is 0. The first-order chi connectivity index (χ1) is 6.65. The zero-order valence-electron chi connectivity index (χ0n) is 8.03. The van der Waals surface area contributed by atoms with Gasteiger partial charge in [-0.1, -0.05) is 19.4 Å². The third-order valence-corrected chi connectivity index (χ3v) is 2.60. The highest BCUT2D eigenvalue weighted by Gasteiger charge is 2.31. The Labute approximate surface area is 83.0 Å². The molecular weight excluding hydrogens is 182 g/mol. The summed E-state index contributed by atoms with van der Waals surface area (Å²) in [6.45, 7) is 3.34. The fourth-order valence-corrected chi connectivity index (χ4v) is 1.84. The van der Waals surface area contributed by atoms with Crippen LogP contribution in [-0.2, 0) is 9.59 Å². The van der Waals surface area contributed by atoms with Crippen molar-refractivity contribution in [3.05, 3.63) is 12.7 Å². The number of hydrogen-bond donors (Lipinski definition) is 2. The van der Waals surface area contributed by atoms with Gasteiger partial charge in [0.1, 0.15) is 0 Å². The highest BCUT2D eigenvalue weighted by Crippen LogP contribution is 2.24. The van der Waals surface area contributed by atoms with Gasteiger partial charge in [0.15, 0.2) is 0 Å². The summed E-state index contributed by atoms with van der Waals surface area (Å²) in [7, 11) is 0. The second kappa shape index (κ2) is 4.79. The number of rotatable bonds is 3. The first-order valence-electron chi connectivity index (χ1n) is 4.81. The highest BCUT2D eigenvalue weighted by atomic mass is 16.4. The van der Waals surface area contributed by atoms with Crippen molar-refractivity contribution in [3.8, 4) is 0 Å². The van der Waals surface area contributed by atoms with E-state index in [0.717, 1.165) is 19.3 Å². The van der Waals surface area contributed by atoms with Gasteiger partial charge in [-0.05, 0) is 18.9 Å². The molecule has 78 valence electrons. The molecule has 0 aromatic carbocycles. The minimum atomic E-state index is -0.820. The van der Waals surface area contributed by atoms with Crippen LogP contribution in [-0.4, -0.2) is 23.0 Å². The topological polar surface area (TPSA) is 66.4 Å². The summed E-state index contributed by atoms with van der Waals surface area (Å²) < 4.78 is 0. The molecule has 0 radical (unpaired) electrons. The largest absolute Gasteiger partial charge is 0.481 e. The summed E-state index contributed by atoms with van der Waals surface area (Å²) >= 11 is 0. The van der Waals surface area contributed by atoms with Crippen LogP contribution in [0.3, 0.4) is 0 Å². The average Bonchev–Trinajstić information content (AvgIpc) is 2.18. The zero-order chi connectivity index (χ0) is 10.6. The predicted molar refractivity (Wildman–Crippen MR) is 51.7 cm³/mol. The van der Waals surface area contributed by atoms with E-state index in [-0.39, 0.29) is 11.9 Å². The number of amides is 1. The Kier molecular flexibility index (Phi) is 3.68. The lowest BCUT2D eigenvalue weighted by Crippen LogP contribution is -2.44. The third-order valence-electron chi connectivity index (χ3n) is 2.60. The van der Waals surface area contributed by atoms with Crippen LogP contribution in [0.25, 0.3) is 0 Å². The van der Waals surface area contributed by atoms with Gasteiger partial charge in [-0.25, -0.2) is 0 Å². The Morgan fingerprint density at radius 3 is 2.57 bits per heavy atom. The third kappa shape index (κ3) is 2.58. The van der Waals surface area contributed by atoms with Crippen molar-refractivity contribution in [1.29, 1.82) is 0 Å². The lowest BCUT2D eigenvalue weighted by Gasteiger charge is -2.28. The number of aliphatic carboxylic acids is 1. The fourth-order valence-electron chi connectivity index (χ4n) is 1.84. The van der Waals surface area contributed by atoms with Crippen LogP contribution >= 0.6 is 0 Å². The van der Waals surface area contributed by atoms with Crippen LogP contribution in [0.2, 0.25) is 0 Å². The predicted octanol–water partition coefficient (Wildman–Crippen LogP) is 0.932. The summed E-state index contributed by atoms with van der Waals surface area (Å²) in [5.74, 6) is -1.55. The van der Waals surface area contributed by atoms with Gasteiger partial charge in [0.05, 0.1) is 5.92 Å². The molecule has 2 atom stereocenters. The maximum Gasteiger partial charge on any atom is 0.308 e. The van der Waals surface area contributed by atoms with E-state index in [9.17, 15) is 9.59 Å². The van der Waals surface area contributed by atoms with Crippen molar-refractivity contribution in [3.63, 3.8) is 0 Å². The molecule has 14 heavy (non-hydrogen) atoms. The molecule has 2 N–H and O–H groups in total. The lowest BCUT2D eigenvalue weighted by atomic mass is 9.84. The molecule has 1 amide bonds. The first-order valence-corrected chi connectivity index (χ1v) is 4.81. The van der Waals surface area contributed by atoms with E-state index in [0.29, 0.717) is 6.42 Å². The molecule has 1 saturated carbocycles. The Morgan fingerprint density at radius 2 is 2.00 bits per heavy atom. The Bertz CT molecular complexity index is 250. The SMILES string of the molecule is C=CC(=O)NC1CCCCC1C(=O)O.